The zero-order valence-electron chi connectivity index (χ0n) is 8.06. The Labute approximate surface area is 84.9 Å². The molecule has 15 heavy (non-hydrogen) atoms. The molecule has 0 saturated heterocycles. The largest absolute Gasteiger partial charge is 0.416 e. The molecule has 1 aromatic carbocycles. The first kappa shape index (κ1) is 10.2. The molecule has 80 valence electrons. The molecule has 1 atom stereocenters. The van der Waals surface area contributed by atoms with Gasteiger partial charge in [0.1, 0.15) is 5.78 Å². The van der Waals surface area contributed by atoms with Gasteiger partial charge in [-0.05, 0) is 30.5 Å². The molecule has 2 rings (SSSR count). The maximum Gasteiger partial charge on any atom is 0.416 e. The maximum atomic E-state index is 12.6. The first-order valence-corrected chi connectivity index (χ1v) is 4.60. The third-order valence-electron chi connectivity index (χ3n) is 2.77. The zero-order valence-corrected chi connectivity index (χ0v) is 8.06. The quantitative estimate of drug-likeness (QED) is 0.702. The van der Waals surface area contributed by atoms with Crippen LogP contribution in [0.25, 0.3) is 0 Å². The van der Waals surface area contributed by atoms with Crippen molar-refractivity contribution < 1.29 is 18.0 Å². The van der Waals surface area contributed by atoms with Crippen molar-refractivity contribution >= 4 is 5.78 Å². The van der Waals surface area contributed by atoms with Crippen LogP contribution < -0.4 is 0 Å². The van der Waals surface area contributed by atoms with Gasteiger partial charge in [-0.3, -0.25) is 4.79 Å². The van der Waals surface area contributed by atoms with Gasteiger partial charge in [0.2, 0.25) is 0 Å². The van der Waals surface area contributed by atoms with Crippen molar-refractivity contribution in [3.63, 3.8) is 0 Å². The highest BCUT2D eigenvalue weighted by molar-refractivity contribution is 5.87. The van der Waals surface area contributed by atoms with Gasteiger partial charge < -0.3 is 0 Å². The highest BCUT2D eigenvalue weighted by atomic mass is 19.4. The second-order valence-electron chi connectivity index (χ2n) is 3.74. The minimum Gasteiger partial charge on any atom is -0.299 e. The number of fused-ring (bicyclic) bond motifs is 1. The van der Waals surface area contributed by atoms with Crippen molar-refractivity contribution in [3.05, 3.63) is 34.9 Å². The number of benzene rings is 1. The second kappa shape index (κ2) is 3.08. The van der Waals surface area contributed by atoms with E-state index < -0.39 is 17.7 Å². The zero-order chi connectivity index (χ0) is 11.2. The SMILES string of the molecule is CC(=O)C1Cc2cccc(C(F)(F)F)c21. The molecule has 0 heterocycles. The fraction of sp³-hybridized carbons (Fsp3) is 0.364. The second-order valence-corrected chi connectivity index (χ2v) is 3.74. The molecule has 4 heteroatoms. The first-order chi connectivity index (χ1) is 6.91. The molecule has 1 aliphatic carbocycles. The molecular formula is C11H9F3O. The molecule has 0 amide bonds. The maximum absolute atomic E-state index is 12.6. The lowest BCUT2D eigenvalue weighted by molar-refractivity contribution is -0.139. The average molecular weight is 214 g/mol. The monoisotopic (exact) mass is 214 g/mol. The third-order valence-corrected chi connectivity index (χ3v) is 2.77. The van der Waals surface area contributed by atoms with Crippen LogP contribution in [0.4, 0.5) is 13.2 Å². The summed E-state index contributed by atoms with van der Waals surface area (Å²) >= 11 is 0. The molecule has 0 saturated carbocycles. The van der Waals surface area contributed by atoms with Gasteiger partial charge in [-0.2, -0.15) is 13.2 Å². The van der Waals surface area contributed by atoms with Gasteiger partial charge in [0.25, 0.3) is 0 Å². The van der Waals surface area contributed by atoms with Crippen LogP contribution in [0.15, 0.2) is 18.2 Å². The third kappa shape index (κ3) is 1.54. The summed E-state index contributed by atoms with van der Waals surface area (Å²) in [5.74, 6) is -0.753. The number of rotatable bonds is 1. The fourth-order valence-corrected chi connectivity index (χ4v) is 1.99. The molecule has 1 nitrogen and oxygen atoms in total. The number of carbonyl (C=O) groups is 1. The molecule has 1 unspecified atom stereocenters. The van der Waals surface area contributed by atoms with Crippen molar-refractivity contribution in [1.29, 1.82) is 0 Å². The summed E-state index contributed by atoms with van der Waals surface area (Å²) in [6.07, 6.45) is -3.92. The van der Waals surface area contributed by atoms with E-state index in [2.05, 4.69) is 0 Å². The highest BCUT2D eigenvalue weighted by Crippen LogP contribution is 2.44. The van der Waals surface area contributed by atoms with Gasteiger partial charge >= 0.3 is 6.18 Å². The van der Waals surface area contributed by atoms with Crippen LogP contribution in [0.2, 0.25) is 0 Å². The molecule has 0 radical (unpaired) electrons. The minimum atomic E-state index is -4.36. The van der Waals surface area contributed by atoms with E-state index in [1.54, 1.807) is 6.07 Å². The van der Waals surface area contributed by atoms with Crippen molar-refractivity contribution in [2.24, 2.45) is 0 Å². The predicted octanol–water partition coefficient (Wildman–Crippen LogP) is 2.93. The Hall–Kier alpha value is -1.32. The van der Waals surface area contributed by atoms with Crippen molar-refractivity contribution in [3.8, 4) is 0 Å². The Morgan fingerprint density at radius 2 is 2.07 bits per heavy atom. The Bertz CT molecular complexity index is 420. The lowest BCUT2D eigenvalue weighted by Crippen LogP contribution is -2.27. The van der Waals surface area contributed by atoms with Crippen molar-refractivity contribution in [2.45, 2.75) is 25.4 Å². The molecule has 0 N–H and O–H groups in total. The normalized spacial score (nSPS) is 19.3. The summed E-state index contributed by atoms with van der Waals surface area (Å²) in [4.78, 5) is 11.1. The van der Waals surface area contributed by atoms with Crippen LogP contribution in [0, 0.1) is 0 Å². The summed E-state index contributed by atoms with van der Waals surface area (Å²) < 4.78 is 37.8. The number of carbonyl (C=O) groups excluding carboxylic acids is 1. The van der Waals surface area contributed by atoms with Gasteiger partial charge in [0, 0.05) is 5.92 Å². The van der Waals surface area contributed by atoms with E-state index >= 15 is 0 Å². The lowest BCUT2D eigenvalue weighted by atomic mass is 9.73. The van der Waals surface area contributed by atoms with Crippen LogP contribution in [0.3, 0.4) is 0 Å². The Balaban J connectivity index is 2.51. The molecule has 1 aromatic rings. The van der Waals surface area contributed by atoms with Gasteiger partial charge in [0.15, 0.2) is 0 Å². The van der Waals surface area contributed by atoms with Crippen LogP contribution in [0.1, 0.15) is 29.5 Å². The Morgan fingerprint density at radius 3 is 2.60 bits per heavy atom. The smallest absolute Gasteiger partial charge is 0.299 e. The van der Waals surface area contributed by atoms with Crippen molar-refractivity contribution in [1.82, 2.24) is 0 Å². The number of alkyl halides is 3. The van der Waals surface area contributed by atoms with Gasteiger partial charge in [-0.15, -0.1) is 0 Å². The molecule has 0 bridgehead atoms. The summed E-state index contributed by atoms with van der Waals surface area (Å²) in [6.45, 7) is 1.33. The van der Waals surface area contributed by atoms with E-state index in [-0.39, 0.29) is 11.3 Å². The van der Waals surface area contributed by atoms with Crippen LogP contribution >= 0.6 is 0 Å². The first-order valence-electron chi connectivity index (χ1n) is 4.60. The number of ketones is 1. The summed E-state index contributed by atoms with van der Waals surface area (Å²) in [7, 11) is 0. The van der Waals surface area contributed by atoms with Crippen molar-refractivity contribution in [2.75, 3.05) is 0 Å². The highest BCUT2D eigenvalue weighted by Gasteiger charge is 2.41. The fourth-order valence-electron chi connectivity index (χ4n) is 1.99. The average Bonchev–Trinajstić information content (AvgIpc) is 2.03. The van der Waals surface area contributed by atoms with E-state index in [9.17, 15) is 18.0 Å². The van der Waals surface area contributed by atoms with E-state index in [1.807, 2.05) is 0 Å². The Morgan fingerprint density at radius 1 is 1.40 bits per heavy atom. The number of hydrogen-bond acceptors (Lipinski definition) is 1. The molecular weight excluding hydrogens is 205 g/mol. The summed E-state index contributed by atoms with van der Waals surface area (Å²) in [5, 5.41) is 0. The standard InChI is InChI=1S/C11H9F3O/c1-6(15)8-5-7-3-2-4-9(10(7)8)11(12,13)14/h2-4,8H,5H2,1H3. The predicted molar refractivity (Wildman–Crippen MR) is 48.6 cm³/mol. The summed E-state index contributed by atoms with van der Waals surface area (Å²) in [6, 6.07) is 4.07. The number of halogens is 3. The van der Waals surface area contributed by atoms with E-state index in [4.69, 9.17) is 0 Å². The topological polar surface area (TPSA) is 17.1 Å². The van der Waals surface area contributed by atoms with Crippen LogP contribution in [-0.4, -0.2) is 5.78 Å². The lowest BCUT2D eigenvalue weighted by Gasteiger charge is -2.31. The Kier molecular flexibility index (Phi) is 2.10. The van der Waals surface area contributed by atoms with E-state index in [0.29, 0.717) is 12.0 Å². The summed E-state index contributed by atoms with van der Waals surface area (Å²) in [5.41, 5.74) is 0.161. The molecule has 0 fully saturated rings. The van der Waals surface area contributed by atoms with Crippen LogP contribution in [0.5, 0.6) is 0 Å². The number of Topliss-reactive ketones (excluding diaryl/α,β-unsaturated/α-hetero) is 1. The van der Waals surface area contributed by atoms with Gasteiger partial charge in [-0.25, -0.2) is 0 Å². The number of hydrogen-bond donors (Lipinski definition) is 0. The molecule has 1 aliphatic rings. The molecule has 0 spiro atoms. The van der Waals surface area contributed by atoms with Crippen LogP contribution in [-0.2, 0) is 17.4 Å². The van der Waals surface area contributed by atoms with Gasteiger partial charge in [0.05, 0.1) is 5.56 Å². The molecule has 0 aliphatic heterocycles. The molecule has 0 aromatic heterocycles. The minimum absolute atomic E-state index is 0.178. The van der Waals surface area contributed by atoms with E-state index in [1.165, 1.54) is 13.0 Å². The van der Waals surface area contributed by atoms with E-state index in [0.717, 1.165) is 6.07 Å². The van der Waals surface area contributed by atoms with Gasteiger partial charge in [-0.1, -0.05) is 12.1 Å².